The van der Waals surface area contributed by atoms with E-state index in [2.05, 4.69) is 26.6 Å². The highest BCUT2D eigenvalue weighted by atomic mass is 35.5. The van der Waals surface area contributed by atoms with Crippen molar-refractivity contribution >= 4 is 70.0 Å². The van der Waals surface area contributed by atoms with Crippen LogP contribution in [0.15, 0.2) is 78.9 Å². The van der Waals surface area contributed by atoms with Crippen LogP contribution >= 0.6 is 23.2 Å². The average Bonchev–Trinajstić information content (AvgIpc) is 3.80. The summed E-state index contributed by atoms with van der Waals surface area (Å²) in [5, 5.41) is 14.7. The van der Waals surface area contributed by atoms with E-state index >= 15 is 4.39 Å². The van der Waals surface area contributed by atoms with Gasteiger partial charge in [-0.3, -0.25) is 39.4 Å². The normalized spacial score (nSPS) is 22.7. The van der Waals surface area contributed by atoms with E-state index in [4.69, 9.17) is 23.2 Å². The molecular formula is C45H43Cl2FN6O6. The quantitative estimate of drug-likeness (QED) is 0.0861. The number of rotatable bonds is 11. The first kappa shape index (κ1) is 41.1. The Balaban J connectivity index is 0.874. The third-order valence-electron chi connectivity index (χ3n) is 12.4. The van der Waals surface area contributed by atoms with E-state index in [1.54, 1.807) is 65.6 Å². The standard InChI is InChI=1S/C45H43Cl2FN6O6/c1-44(2)45(31-18-15-26(46)22-33(31)51-43(45)60)36(29-11-7-12-32(47)37(29)48)38(53-44)41(58)50-27-16-13-25(14-17-27)39(56)49-21-5-3-4-8-24-9-6-10-28-30(24)23-54(42(28)59)34-19-20-35(55)52-40(34)57/h6-7,9-18,22,34,36,38,53H,3-5,8,19-21,23H2,1-2H3,(H,49,56)(H,50,58)(H,51,60)(H,52,55,57)/t34?,36-,38+,45+/m0/s1. The SMILES string of the molecule is CC1(C)N[C@@H](C(=O)Nc2ccc(C(=O)NCCCCCc3cccc4c3CN(C3CCC(=O)NC3=O)C4=O)cc2)[C@H](c2cccc(Cl)c2F)[C@]12C(=O)Nc1cc(Cl)ccc12. The Morgan fingerprint density at radius 1 is 0.917 bits per heavy atom. The van der Waals surface area contributed by atoms with Crippen LogP contribution in [0.2, 0.25) is 10.0 Å². The predicted octanol–water partition coefficient (Wildman–Crippen LogP) is 6.40. The Morgan fingerprint density at radius 2 is 1.68 bits per heavy atom. The average molecular weight is 854 g/mol. The van der Waals surface area contributed by atoms with Gasteiger partial charge in [-0.25, -0.2) is 4.39 Å². The van der Waals surface area contributed by atoms with Crippen LogP contribution in [0.3, 0.4) is 0 Å². The van der Waals surface area contributed by atoms with Gasteiger partial charge in [-0.15, -0.1) is 0 Å². The molecule has 15 heteroatoms. The highest BCUT2D eigenvalue weighted by Gasteiger charge is 2.69. The maximum atomic E-state index is 15.9. The molecule has 4 aliphatic heterocycles. The van der Waals surface area contributed by atoms with Crippen molar-refractivity contribution < 1.29 is 33.2 Å². The summed E-state index contributed by atoms with van der Waals surface area (Å²) in [6.45, 7) is 4.40. The molecule has 5 N–H and O–H groups in total. The van der Waals surface area contributed by atoms with Crippen molar-refractivity contribution in [1.29, 1.82) is 0 Å². The summed E-state index contributed by atoms with van der Waals surface area (Å²) < 4.78 is 15.9. The molecule has 1 unspecified atom stereocenters. The summed E-state index contributed by atoms with van der Waals surface area (Å²) >= 11 is 12.6. The highest BCUT2D eigenvalue weighted by molar-refractivity contribution is 6.31. The monoisotopic (exact) mass is 852 g/mol. The number of unbranched alkanes of at least 4 members (excludes halogenated alkanes) is 2. The first-order valence-electron chi connectivity index (χ1n) is 20.0. The fourth-order valence-electron chi connectivity index (χ4n) is 9.58. The Kier molecular flexibility index (Phi) is 11.0. The number of nitrogens with zero attached hydrogens (tertiary/aromatic N) is 1. The van der Waals surface area contributed by atoms with Crippen LogP contribution in [0.25, 0.3) is 0 Å². The zero-order valence-corrected chi connectivity index (χ0v) is 34.4. The lowest BCUT2D eigenvalue weighted by molar-refractivity contribution is -0.137. The number of imide groups is 1. The van der Waals surface area contributed by atoms with Crippen LogP contribution < -0.4 is 26.6 Å². The number of carbonyl (C=O) groups excluding carboxylic acids is 6. The Bertz CT molecular complexity index is 2460. The van der Waals surface area contributed by atoms with Crippen LogP contribution in [-0.2, 0) is 37.6 Å². The van der Waals surface area contributed by atoms with Crippen LogP contribution in [0, 0.1) is 5.82 Å². The van der Waals surface area contributed by atoms with Crippen molar-refractivity contribution in [2.45, 2.75) is 87.9 Å². The minimum atomic E-state index is -1.42. The number of fused-ring (bicyclic) bond motifs is 3. The van der Waals surface area contributed by atoms with Crippen molar-refractivity contribution in [2.75, 3.05) is 17.2 Å². The number of amides is 6. The van der Waals surface area contributed by atoms with Gasteiger partial charge in [0.05, 0.1) is 11.1 Å². The number of benzene rings is 4. The van der Waals surface area contributed by atoms with E-state index in [0.717, 1.165) is 36.8 Å². The van der Waals surface area contributed by atoms with E-state index in [0.29, 0.717) is 52.6 Å². The number of hydrogen-bond donors (Lipinski definition) is 5. The molecule has 2 fully saturated rings. The van der Waals surface area contributed by atoms with Gasteiger partial charge in [-0.2, -0.15) is 0 Å². The lowest BCUT2D eigenvalue weighted by atomic mass is 9.60. The minimum absolute atomic E-state index is 0.115. The molecule has 8 rings (SSSR count). The van der Waals surface area contributed by atoms with Gasteiger partial charge in [0.1, 0.15) is 17.3 Å². The Morgan fingerprint density at radius 3 is 2.45 bits per heavy atom. The van der Waals surface area contributed by atoms with Crippen molar-refractivity contribution in [2.24, 2.45) is 0 Å². The molecule has 4 aliphatic rings. The number of nitrogens with one attached hydrogen (secondary N) is 5. The summed E-state index contributed by atoms with van der Waals surface area (Å²) in [4.78, 5) is 80.2. The summed E-state index contributed by atoms with van der Waals surface area (Å²) in [6, 6.07) is 19.9. The smallest absolute Gasteiger partial charge is 0.255 e. The van der Waals surface area contributed by atoms with Gasteiger partial charge >= 0.3 is 0 Å². The molecule has 12 nitrogen and oxygen atoms in total. The summed E-state index contributed by atoms with van der Waals surface area (Å²) in [5.74, 6) is -3.87. The number of hydrogen-bond acceptors (Lipinski definition) is 7. The maximum Gasteiger partial charge on any atom is 0.255 e. The Labute approximate surface area is 355 Å². The first-order chi connectivity index (χ1) is 28.7. The predicted molar refractivity (Wildman–Crippen MR) is 224 cm³/mol. The van der Waals surface area contributed by atoms with Crippen LogP contribution in [0.1, 0.15) is 94.8 Å². The first-order valence-corrected chi connectivity index (χ1v) is 20.7. The van der Waals surface area contributed by atoms with Crippen molar-refractivity contribution in [1.82, 2.24) is 20.9 Å². The van der Waals surface area contributed by atoms with E-state index in [9.17, 15) is 28.8 Å². The molecule has 4 aromatic rings. The van der Waals surface area contributed by atoms with E-state index in [1.807, 2.05) is 26.0 Å². The largest absolute Gasteiger partial charge is 0.352 e. The number of carbonyl (C=O) groups is 6. The number of piperidine rings is 1. The molecule has 0 radical (unpaired) electrons. The molecule has 4 atom stereocenters. The fourth-order valence-corrected chi connectivity index (χ4v) is 9.94. The zero-order chi connectivity index (χ0) is 42.5. The highest BCUT2D eigenvalue weighted by Crippen LogP contribution is 2.59. The van der Waals surface area contributed by atoms with E-state index < -0.39 is 52.5 Å². The summed E-state index contributed by atoms with van der Waals surface area (Å²) in [6.07, 6.45) is 3.64. The third kappa shape index (κ3) is 7.11. The molecule has 0 aliphatic carbocycles. The van der Waals surface area contributed by atoms with Crippen molar-refractivity contribution in [3.63, 3.8) is 0 Å². The van der Waals surface area contributed by atoms with Crippen LogP contribution in [0.4, 0.5) is 15.8 Å². The second kappa shape index (κ2) is 16.1. The summed E-state index contributed by atoms with van der Waals surface area (Å²) in [5.41, 5.74) is 2.06. The number of anilines is 2. The number of halogens is 3. The molecule has 60 heavy (non-hydrogen) atoms. The number of aryl methyl sites for hydroxylation is 1. The van der Waals surface area contributed by atoms with Crippen molar-refractivity contribution in [3.8, 4) is 0 Å². The molecular weight excluding hydrogens is 810 g/mol. The molecule has 4 heterocycles. The minimum Gasteiger partial charge on any atom is -0.352 e. The molecule has 4 aromatic carbocycles. The second-order valence-electron chi connectivity index (χ2n) is 16.3. The molecule has 0 saturated carbocycles. The molecule has 1 spiro atoms. The van der Waals surface area contributed by atoms with Gasteiger partial charge < -0.3 is 20.9 Å². The fraction of sp³-hybridized carbons (Fsp3) is 0.333. The van der Waals surface area contributed by atoms with Crippen molar-refractivity contribution in [3.05, 3.63) is 128 Å². The van der Waals surface area contributed by atoms with Gasteiger partial charge in [0.2, 0.25) is 23.6 Å². The maximum absolute atomic E-state index is 15.9. The van der Waals surface area contributed by atoms with Crippen LogP contribution in [-0.4, -0.2) is 64.5 Å². The van der Waals surface area contributed by atoms with E-state index in [-0.39, 0.29) is 34.7 Å². The molecule has 6 amide bonds. The topological polar surface area (TPSA) is 166 Å². The molecule has 2 saturated heterocycles. The lowest BCUT2D eigenvalue weighted by Crippen LogP contribution is -2.55. The van der Waals surface area contributed by atoms with E-state index in [1.165, 1.54) is 6.07 Å². The molecule has 0 bridgehead atoms. The zero-order valence-electron chi connectivity index (χ0n) is 32.9. The summed E-state index contributed by atoms with van der Waals surface area (Å²) in [7, 11) is 0. The molecule has 310 valence electrons. The van der Waals surface area contributed by atoms with Gasteiger partial charge in [0.15, 0.2) is 0 Å². The van der Waals surface area contributed by atoms with Crippen LogP contribution in [0.5, 0.6) is 0 Å². The molecule has 0 aromatic heterocycles. The van der Waals surface area contributed by atoms with Gasteiger partial charge in [0.25, 0.3) is 11.8 Å². The van der Waals surface area contributed by atoms with Gasteiger partial charge in [0, 0.05) is 58.5 Å². The van der Waals surface area contributed by atoms with Gasteiger partial charge in [-0.1, -0.05) is 60.0 Å². The third-order valence-corrected chi connectivity index (χ3v) is 12.9. The Hall–Kier alpha value is -5.63. The lowest BCUT2D eigenvalue weighted by Gasteiger charge is -2.40. The second-order valence-corrected chi connectivity index (χ2v) is 17.1. The van der Waals surface area contributed by atoms with Gasteiger partial charge in [-0.05, 0) is 110 Å².